The molecule has 0 fully saturated rings. The third-order valence-corrected chi connectivity index (χ3v) is 4.35. The third kappa shape index (κ3) is 2.63. The highest BCUT2D eigenvalue weighted by Crippen LogP contribution is 2.22. The molecule has 2 aromatic heterocycles. The van der Waals surface area contributed by atoms with Crippen LogP contribution in [-0.4, -0.2) is 14.7 Å². The fourth-order valence-corrected chi connectivity index (χ4v) is 3.25. The number of nitrogens with zero attached hydrogens (tertiary/aromatic N) is 1. The van der Waals surface area contributed by atoms with E-state index < -0.39 is 0 Å². The number of halogens is 1. The number of rotatable bonds is 4. The molecular weight excluding hydrogens is 308 g/mol. The third-order valence-electron chi connectivity index (χ3n) is 2.33. The topological polar surface area (TPSA) is 40.9 Å². The van der Waals surface area contributed by atoms with Gasteiger partial charge in [0.1, 0.15) is 0 Å². The Morgan fingerprint density at radius 1 is 1.50 bits per heavy atom. The minimum Gasteiger partial charge on any atom is -0.390 e. The van der Waals surface area contributed by atoms with Gasteiger partial charge in [-0.05, 0) is 46.7 Å². The molecule has 0 spiro atoms. The highest BCUT2D eigenvalue weighted by molar-refractivity contribution is 9.11. The Balaban J connectivity index is 2.09. The number of hydrogen-bond acceptors (Lipinski definition) is 3. The van der Waals surface area contributed by atoms with Crippen molar-refractivity contribution < 1.29 is 5.11 Å². The summed E-state index contributed by atoms with van der Waals surface area (Å²) < 4.78 is 3.74. The maximum atomic E-state index is 9.14. The second kappa shape index (κ2) is 5.27. The molecule has 0 saturated heterocycles. The number of aliphatic hydroxyl groups excluding tert-OH is 1. The van der Waals surface area contributed by atoms with Crippen molar-refractivity contribution in [2.75, 3.05) is 0 Å². The Labute approximate surface area is 111 Å². The average Bonchev–Trinajstić information content (AvgIpc) is 2.82. The van der Waals surface area contributed by atoms with Gasteiger partial charge in [0, 0.05) is 17.6 Å². The molecule has 2 rings (SSSR count). The number of aliphatic hydroxyl groups is 1. The van der Waals surface area contributed by atoms with Crippen molar-refractivity contribution in [1.82, 2.24) is 9.55 Å². The lowest BCUT2D eigenvalue weighted by Crippen LogP contribution is -2.04. The minimum absolute atomic E-state index is 0.0152. The largest absolute Gasteiger partial charge is 0.390 e. The molecule has 2 heterocycles. The van der Waals surface area contributed by atoms with Crippen LogP contribution in [0.3, 0.4) is 0 Å². The number of aromatic nitrogens is 2. The van der Waals surface area contributed by atoms with Crippen molar-refractivity contribution in [2.45, 2.75) is 19.6 Å². The summed E-state index contributed by atoms with van der Waals surface area (Å²) in [6.07, 6.45) is 2.68. The van der Waals surface area contributed by atoms with Gasteiger partial charge in [-0.25, -0.2) is 0 Å². The Kier molecular flexibility index (Phi) is 3.96. The number of aryl methyl sites for hydroxylation is 1. The molecule has 86 valence electrons. The first-order chi connectivity index (χ1) is 7.70. The minimum atomic E-state index is 0.0152. The SMILES string of the molecule is OCc1c[nH]c(=S)n1CCc1ccc(Br)s1. The molecule has 2 aromatic rings. The van der Waals surface area contributed by atoms with Crippen LogP contribution < -0.4 is 0 Å². The molecule has 3 nitrogen and oxygen atoms in total. The van der Waals surface area contributed by atoms with E-state index in [1.165, 1.54) is 4.88 Å². The van der Waals surface area contributed by atoms with Gasteiger partial charge in [0.15, 0.2) is 4.77 Å². The van der Waals surface area contributed by atoms with Gasteiger partial charge in [-0.2, -0.15) is 0 Å². The maximum Gasteiger partial charge on any atom is 0.177 e. The van der Waals surface area contributed by atoms with Gasteiger partial charge in [0.2, 0.25) is 0 Å². The van der Waals surface area contributed by atoms with Crippen LogP contribution in [0.25, 0.3) is 0 Å². The van der Waals surface area contributed by atoms with E-state index in [1.807, 2.05) is 10.6 Å². The van der Waals surface area contributed by atoms with Crippen molar-refractivity contribution in [3.05, 3.63) is 37.5 Å². The van der Waals surface area contributed by atoms with Crippen LogP contribution in [0.5, 0.6) is 0 Å². The summed E-state index contributed by atoms with van der Waals surface area (Å²) >= 11 is 10.3. The normalized spacial score (nSPS) is 10.9. The number of imidazole rings is 1. The van der Waals surface area contributed by atoms with E-state index in [0.717, 1.165) is 22.4 Å². The fraction of sp³-hybridized carbons (Fsp3) is 0.300. The van der Waals surface area contributed by atoms with Crippen LogP contribution in [0.4, 0.5) is 0 Å². The summed E-state index contributed by atoms with van der Waals surface area (Å²) in [5, 5.41) is 9.14. The molecule has 0 unspecified atom stereocenters. The monoisotopic (exact) mass is 318 g/mol. The molecule has 0 aliphatic rings. The van der Waals surface area contributed by atoms with Crippen molar-refractivity contribution in [3.63, 3.8) is 0 Å². The van der Waals surface area contributed by atoms with Gasteiger partial charge in [-0.1, -0.05) is 0 Å². The highest BCUT2D eigenvalue weighted by Gasteiger charge is 2.04. The van der Waals surface area contributed by atoms with Gasteiger partial charge in [-0.3, -0.25) is 0 Å². The summed E-state index contributed by atoms with van der Waals surface area (Å²) in [4.78, 5) is 4.25. The molecule has 0 radical (unpaired) electrons. The Morgan fingerprint density at radius 2 is 2.31 bits per heavy atom. The quantitative estimate of drug-likeness (QED) is 0.850. The molecule has 2 N–H and O–H groups in total. The molecule has 0 aliphatic heterocycles. The zero-order valence-corrected chi connectivity index (χ0v) is 11.7. The van der Waals surface area contributed by atoms with Crippen LogP contribution in [0.1, 0.15) is 10.6 Å². The second-order valence-corrected chi connectivity index (χ2v) is 6.29. The van der Waals surface area contributed by atoms with Crippen molar-refractivity contribution in [3.8, 4) is 0 Å². The van der Waals surface area contributed by atoms with E-state index in [4.69, 9.17) is 17.3 Å². The zero-order chi connectivity index (χ0) is 11.5. The van der Waals surface area contributed by atoms with Gasteiger partial charge >= 0.3 is 0 Å². The summed E-state index contributed by atoms with van der Waals surface area (Å²) in [7, 11) is 0. The number of hydrogen-bond donors (Lipinski definition) is 2. The lowest BCUT2D eigenvalue weighted by Gasteiger charge is -2.04. The van der Waals surface area contributed by atoms with Gasteiger partial charge < -0.3 is 14.7 Å². The molecule has 0 amide bonds. The fourth-order valence-electron chi connectivity index (χ4n) is 1.52. The van der Waals surface area contributed by atoms with Crippen molar-refractivity contribution >= 4 is 39.5 Å². The molecule has 0 aliphatic carbocycles. The molecular formula is C10H11BrN2OS2. The molecule has 0 atom stereocenters. The number of nitrogens with one attached hydrogen (secondary N) is 1. The first-order valence-electron chi connectivity index (χ1n) is 4.83. The van der Waals surface area contributed by atoms with E-state index >= 15 is 0 Å². The smallest absolute Gasteiger partial charge is 0.177 e. The standard InChI is InChI=1S/C10H11BrN2OS2/c11-9-2-1-8(16-9)3-4-13-7(6-14)5-12-10(13)15/h1-2,5,14H,3-4,6H2,(H,12,15). The summed E-state index contributed by atoms with van der Waals surface area (Å²) in [6.45, 7) is 0.812. The molecule has 0 aromatic carbocycles. The van der Waals surface area contributed by atoms with Gasteiger partial charge in [0.05, 0.1) is 16.1 Å². The predicted molar refractivity (Wildman–Crippen MR) is 71.3 cm³/mol. The molecule has 16 heavy (non-hydrogen) atoms. The zero-order valence-electron chi connectivity index (χ0n) is 8.44. The van der Waals surface area contributed by atoms with E-state index in [1.54, 1.807) is 17.5 Å². The van der Waals surface area contributed by atoms with Gasteiger partial charge in [-0.15, -0.1) is 11.3 Å². The first-order valence-corrected chi connectivity index (χ1v) is 6.84. The van der Waals surface area contributed by atoms with Crippen LogP contribution >= 0.6 is 39.5 Å². The van der Waals surface area contributed by atoms with E-state index in [2.05, 4.69) is 27.0 Å². The van der Waals surface area contributed by atoms with E-state index in [-0.39, 0.29) is 6.61 Å². The number of thiophene rings is 1. The molecule has 6 heteroatoms. The second-order valence-electron chi connectivity index (χ2n) is 3.35. The average molecular weight is 319 g/mol. The van der Waals surface area contributed by atoms with Crippen LogP contribution in [0, 0.1) is 4.77 Å². The Morgan fingerprint density at radius 3 is 2.94 bits per heavy atom. The van der Waals surface area contributed by atoms with E-state index in [0.29, 0.717) is 4.77 Å². The molecule has 0 bridgehead atoms. The summed E-state index contributed by atoms with van der Waals surface area (Å²) in [5.41, 5.74) is 0.834. The number of aromatic amines is 1. The summed E-state index contributed by atoms with van der Waals surface area (Å²) in [5.74, 6) is 0. The lowest BCUT2D eigenvalue weighted by molar-refractivity contribution is 0.270. The van der Waals surface area contributed by atoms with Crippen LogP contribution in [-0.2, 0) is 19.6 Å². The maximum absolute atomic E-state index is 9.14. The lowest BCUT2D eigenvalue weighted by atomic mass is 10.3. The van der Waals surface area contributed by atoms with E-state index in [9.17, 15) is 0 Å². The predicted octanol–water partition coefficient (Wildman–Crippen LogP) is 3.10. The number of H-pyrrole nitrogens is 1. The van der Waals surface area contributed by atoms with Crippen LogP contribution in [0.15, 0.2) is 22.1 Å². The van der Waals surface area contributed by atoms with Crippen molar-refractivity contribution in [1.29, 1.82) is 0 Å². The first kappa shape index (κ1) is 12.0. The van der Waals surface area contributed by atoms with Crippen LogP contribution in [0.2, 0.25) is 0 Å². The highest BCUT2D eigenvalue weighted by atomic mass is 79.9. The molecule has 0 saturated carbocycles. The van der Waals surface area contributed by atoms with Crippen molar-refractivity contribution in [2.24, 2.45) is 0 Å². The Bertz CT molecular complexity index is 529. The summed E-state index contributed by atoms with van der Waals surface area (Å²) in [6, 6.07) is 4.15. The Hall–Kier alpha value is -0.430. The van der Waals surface area contributed by atoms with Gasteiger partial charge in [0.25, 0.3) is 0 Å².